The zero-order chi connectivity index (χ0) is 20.8. The number of rotatable bonds is 3. The van der Waals surface area contributed by atoms with E-state index in [0.29, 0.717) is 30.4 Å². The topological polar surface area (TPSA) is 101 Å². The molecule has 29 heavy (non-hydrogen) atoms. The summed E-state index contributed by atoms with van der Waals surface area (Å²) in [4.78, 5) is 7.08. The number of hydrogen-bond donors (Lipinski definition) is 1. The van der Waals surface area contributed by atoms with E-state index in [1.54, 1.807) is 23.3 Å². The molecule has 0 radical (unpaired) electrons. The van der Waals surface area contributed by atoms with Gasteiger partial charge >= 0.3 is 0 Å². The largest absolute Gasteiger partial charge is 0.377 e. The van der Waals surface area contributed by atoms with Gasteiger partial charge in [0.15, 0.2) is 11.5 Å². The van der Waals surface area contributed by atoms with Crippen LogP contribution in [-0.4, -0.2) is 66.0 Å². The summed E-state index contributed by atoms with van der Waals surface area (Å²) in [6.07, 6.45) is 5.09. The van der Waals surface area contributed by atoms with Crippen LogP contribution in [0, 0.1) is 0 Å². The minimum Gasteiger partial charge on any atom is -0.377 e. The van der Waals surface area contributed by atoms with Crippen molar-refractivity contribution in [2.24, 2.45) is 4.36 Å². The first-order valence-corrected chi connectivity index (χ1v) is 11.5. The molecule has 0 saturated carbocycles. The predicted octanol–water partition coefficient (Wildman–Crippen LogP) is 2.90. The van der Waals surface area contributed by atoms with Crippen molar-refractivity contribution in [3.63, 3.8) is 0 Å². The Bertz CT molecular complexity index is 1140. The Balaban J connectivity index is 1.97. The first kappa shape index (κ1) is 19.8. The molecule has 1 unspecified atom stereocenters. The zero-order valence-corrected chi connectivity index (χ0v) is 18.2. The summed E-state index contributed by atoms with van der Waals surface area (Å²) in [6, 6.07) is 3.92. The second kappa shape index (κ2) is 7.10. The second-order valence-electron chi connectivity index (χ2n) is 8.36. The van der Waals surface area contributed by atoms with E-state index in [1.807, 2.05) is 32.9 Å². The maximum Gasteiger partial charge on any atom is 0.169 e. The number of ether oxygens (including phenoxy) is 1. The number of morpholine rings is 1. The Morgan fingerprint density at radius 2 is 2.17 bits per heavy atom. The van der Waals surface area contributed by atoms with Crippen molar-refractivity contribution in [2.45, 2.75) is 38.5 Å². The molecule has 0 aromatic carbocycles. The van der Waals surface area contributed by atoms with Crippen molar-refractivity contribution in [1.82, 2.24) is 25.0 Å². The van der Waals surface area contributed by atoms with Crippen molar-refractivity contribution in [2.75, 3.05) is 30.9 Å². The number of nitrogens with zero attached hydrogens (tertiary/aromatic N) is 6. The molecule has 0 aliphatic carbocycles. The second-order valence-corrected chi connectivity index (χ2v) is 11.4. The minimum absolute atomic E-state index is 0.179. The molecule has 3 aromatic rings. The third-order valence-corrected chi connectivity index (χ3v) is 8.11. The summed E-state index contributed by atoms with van der Waals surface area (Å²) in [5, 5.41) is 12.2. The van der Waals surface area contributed by atoms with Crippen LogP contribution in [-0.2, 0) is 14.5 Å². The quantitative estimate of drug-likeness (QED) is 0.703. The summed E-state index contributed by atoms with van der Waals surface area (Å²) in [5.41, 5.74) is 1.28. The molecule has 1 fully saturated rings. The molecule has 2 atom stereocenters. The molecule has 1 N–H and O–H groups in total. The van der Waals surface area contributed by atoms with E-state index in [-0.39, 0.29) is 6.04 Å². The van der Waals surface area contributed by atoms with Crippen molar-refractivity contribution in [1.29, 1.82) is 0 Å². The van der Waals surface area contributed by atoms with Gasteiger partial charge in [-0.3, -0.25) is 5.10 Å². The minimum atomic E-state index is -2.50. The first-order chi connectivity index (χ1) is 13.7. The third-order valence-electron chi connectivity index (χ3n) is 5.29. The molecule has 0 bridgehead atoms. The number of aromatic nitrogens is 5. The molecule has 156 valence electrons. The highest BCUT2D eigenvalue weighted by Gasteiger charge is 2.26. The van der Waals surface area contributed by atoms with Gasteiger partial charge in [-0.1, -0.05) is 0 Å². The summed E-state index contributed by atoms with van der Waals surface area (Å²) in [5.74, 6) is 1.48. The van der Waals surface area contributed by atoms with E-state index in [1.165, 1.54) is 0 Å². The van der Waals surface area contributed by atoms with E-state index in [0.717, 1.165) is 17.7 Å². The molecule has 4 heterocycles. The normalized spacial score (nSPS) is 20.0. The maximum atomic E-state index is 13.3. The van der Waals surface area contributed by atoms with E-state index < -0.39 is 14.5 Å². The van der Waals surface area contributed by atoms with Gasteiger partial charge in [-0.15, -0.1) is 0 Å². The molecular weight excluding hydrogens is 390 g/mol. The molecule has 1 aliphatic heterocycles. The lowest BCUT2D eigenvalue weighted by atomic mass is 10.2. The van der Waals surface area contributed by atoms with Gasteiger partial charge in [0.1, 0.15) is 5.82 Å². The van der Waals surface area contributed by atoms with Crippen LogP contribution >= 0.6 is 0 Å². The Hall–Kier alpha value is -2.46. The lowest BCUT2D eigenvalue weighted by Gasteiger charge is -2.34. The summed E-state index contributed by atoms with van der Waals surface area (Å²) >= 11 is 0. The SMILES string of the molecule is C[C@@H]1COCCN1c1cc(N=S(C)(=O)C(C)(C)C)c2cnn(-c3ccn[nH]3)c2n1. The van der Waals surface area contributed by atoms with Crippen LogP contribution in [0.5, 0.6) is 0 Å². The Morgan fingerprint density at radius 1 is 1.38 bits per heavy atom. The molecule has 1 aliphatic rings. The van der Waals surface area contributed by atoms with E-state index in [4.69, 9.17) is 14.1 Å². The van der Waals surface area contributed by atoms with Crippen LogP contribution in [0.25, 0.3) is 16.9 Å². The number of anilines is 1. The van der Waals surface area contributed by atoms with Crippen molar-refractivity contribution >= 4 is 32.3 Å². The molecule has 1 saturated heterocycles. The number of fused-ring (bicyclic) bond motifs is 1. The molecular formula is C19H27N7O2S. The van der Waals surface area contributed by atoms with Crippen LogP contribution in [0.2, 0.25) is 0 Å². The molecule has 9 nitrogen and oxygen atoms in total. The fraction of sp³-hybridized carbons (Fsp3) is 0.526. The molecule has 0 amide bonds. The van der Waals surface area contributed by atoms with Gasteiger partial charge in [-0.05, 0) is 27.7 Å². The highest BCUT2D eigenvalue weighted by molar-refractivity contribution is 7.94. The van der Waals surface area contributed by atoms with Crippen LogP contribution in [0.15, 0.2) is 28.9 Å². The van der Waals surface area contributed by atoms with E-state index in [9.17, 15) is 4.21 Å². The summed E-state index contributed by atoms with van der Waals surface area (Å²) in [7, 11) is -2.50. The molecule has 10 heteroatoms. The van der Waals surface area contributed by atoms with Gasteiger partial charge in [-0.25, -0.2) is 9.19 Å². The van der Waals surface area contributed by atoms with Crippen LogP contribution in [0.1, 0.15) is 27.7 Å². The fourth-order valence-corrected chi connectivity index (χ4v) is 3.93. The predicted molar refractivity (Wildman–Crippen MR) is 115 cm³/mol. The molecule has 0 spiro atoms. The Labute approximate surface area is 170 Å². The fourth-order valence-electron chi connectivity index (χ4n) is 3.13. The van der Waals surface area contributed by atoms with E-state index >= 15 is 0 Å². The lowest BCUT2D eigenvalue weighted by molar-refractivity contribution is 0.0985. The number of hydrogen-bond acceptors (Lipinski definition) is 7. The van der Waals surface area contributed by atoms with Crippen LogP contribution in [0.4, 0.5) is 11.5 Å². The standard InChI is InChI=1S/C19H27N7O2S/c1-13-12-28-9-8-25(13)17-10-15(24-29(5,27)19(2,3)4)14-11-21-26(18(14)22-17)16-6-7-20-23-16/h6-7,10-11,13H,8-9,12H2,1-5H3,(H,20,23)/t13-,29?/m1/s1. The van der Waals surface area contributed by atoms with Gasteiger partial charge in [0.25, 0.3) is 0 Å². The lowest BCUT2D eigenvalue weighted by Crippen LogP contribution is -2.44. The Kier molecular flexibility index (Phi) is 4.86. The molecule has 4 rings (SSSR count). The summed E-state index contributed by atoms with van der Waals surface area (Å²) in [6.45, 7) is 9.94. The highest BCUT2D eigenvalue weighted by atomic mass is 32.2. The van der Waals surface area contributed by atoms with Crippen LogP contribution in [0.3, 0.4) is 0 Å². The first-order valence-electron chi connectivity index (χ1n) is 9.62. The zero-order valence-electron chi connectivity index (χ0n) is 17.4. The number of pyridine rings is 1. The van der Waals surface area contributed by atoms with Gasteiger partial charge in [-0.2, -0.15) is 19.2 Å². The summed E-state index contributed by atoms with van der Waals surface area (Å²) < 4.78 is 24.9. The van der Waals surface area contributed by atoms with Crippen molar-refractivity contribution in [3.8, 4) is 5.82 Å². The van der Waals surface area contributed by atoms with Gasteiger partial charge in [0.2, 0.25) is 0 Å². The van der Waals surface area contributed by atoms with Crippen molar-refractivity contribution in [3.05, 3.63) is 24.5 Å². The molecule has 3 aromatic heterocycles. The average Bonchev–Trinajstić information content (AvgIpc) is 3.30. The average molecular weight is 418 g/mol. The van der Waals surface area contributed by atoms with Gasteiger partial charge in [0, 0.05) is 29.7 Å². The number of H-pyrrole nitrogens is 1. The highest BCUT2D eigenvalue weighted by Crippen LogP contribution is 2.34. The number of nitrogens with one attached hydrogen (secondary N) is 1. The monoisotopic (exact) mass is 417 g/mol. The smallest absolute Gasteiger partial charge is 0.169 e. The van der Waals surface area contributed by atoms with Crippen molar-refractivity contribution < 1.29 is 8.95 Å². The van der Waals surface area contributed by atoms with Gasteiger partial charge in [0.05, 0.1) is 52.5 Å². The third kappa shape index (κ3) is 3.62. The van der Waals surface area contributed by atoms with Crippen LogP contribution < -0.4 is 4.90 Å². The Morgan fingerprint density at radius 3 is 2.83 bits per heavy atom. The van der Waals surface area contributed by atoms with E-state index in [2.05, 4.69) is 27.1 Å². The number of aromatic amines is 1. The van der Waals surface area contributed by atoms with Gasteiger partial charge < -0.3 is 9.64 Å². The maximum absolute atomic E-state index is 13.3.